The van der Waals surface area contributed by atoms with Gasteiger partial charge in [0, 0.05) is 18.5 Å². The van der Waals surface area contributed by atoms with Crippen molar-refractivity contribution in [2.24, 2.45) is 5.92 Å². The van der Waals surface area contributed by atoms with E-state index >= 15 is 0 Å². The van der Waals surface area contributed by atoms with Crippen molar-refractivity contribution in [1.82, 2.24) is 14.9 Å². The van der Waals surface area contributed by atoms with Crippen LogP contribution in [0.5, 0.6) is 0 Å². The molecule has 0 heterocycles. The van der Waals surface area contributed by atoms with Gasteiger partial charge in [0.15, 0.2) is 0 Å². The largest absolute Gasteiger partial charge is 0.463 e. The zero-order valence-electron chi connectivity index (χ0n) is 20.3. The molecule has 1 aliphatic carbocycles. The second-order valence-corrected chi connectivity index (χ2v) is 11.0. The number of amides is 1. The molecule has 3 N–H and O–H groups in total. The number of carbonyl (C=O) groups excluding carboxylic acids is 2. The number of esters is 1. The fraction of sp³-hybridized carbons (Fsp3) is 0.440. The number of hydrogen-bond acceptors (Lipinski definition) is 6. The van der Waals surface area contributed by atoms with Gasteiger partial charge < -0.3 is 10.1 Å². The number of nitrogens with one attached hydrogen (secondary N) is 3. The van der Waals surface area contributed by atoms with E-state index in [0.717, 1.165) is 29.8 Å². The molecule has 8 nitrogen and oxygen atoms in total. The van der Waals surface area contributed by atoms with E-state index in [4.69, 9.17) is 16.5 Å². The van der Waals surface area contributed by atoms with Gasteiger partial charge in [-0.2, -0.15) is 13.2 Å². The summed E-state index contributed by atoms with van der Waals surface area (Å²) in [4.78, 5) is 27.0. The van der Waals surface area contributed by atoms with Crippen LogP contribution in [0.2, 0.25) is 0 Å². The molecule has 1 aliphatic rings. The van der Waals surface area contributed by atoms with Crippen LogP contribution in [-0.2, 0) is 30.5 Å². The van der Waals surface area contributed by atoms with Gasteiger partial charge in [0.1, 0.15) is 6.61 Å². The van der Waals surface area contributed by atoms with Crippen LogP contribution >= 0.6 is 11.8 Å². The molecule has 3 rings (SSSR count). The van der Waals surface area contributed by atoms with Crippen molar-refractivity contribution < 1.29 is 35.9 Å². The molecule has 0 aliphatic heterocycles. The van der Waals surface area contributed by atoms with Crippen LogP contribution < -0.4 is 14.9 Å². The van der Waals surface area contributed by atoms with Crippen molar-refractivity contribution in [2.75, 3.05) is 13.2 Å². The Balaban J connectivity index is 1.55. The van der Waals surface area contributed by atoms with E-state index in [1.807, 2.05) is 30.3 Å². The van der Waals surface area contributed by atoms with Crippen molar-refractivity contribution in [3.63, 3.8) is 0 Å². The first-order valence-corrected chi connectivity index (χ1v) is 13.9. The summed E-state index contributed by atoms with van der Waals surface area (Å²) in [5.41, 5.74) is -0.166. The summed E-state index contributed by atoms with van der Waals surface area (Å²) in [5.74, 6) is -1.07. The summed E-state index contributed by atoms with van der Waals surface area (Å²) < 4.78 is 71.4. The van der Waals surface area contributed by atoms with Gasteiger partial charge in [-0.1, -0.05) is 30.3 Å². The molecule has 38 heavy (non-hydrogen) atoms. The molecule has 0 radical (unpaired) electrons. The number of sulfonamides is 1. The maximum absolute atomic E-state index is 13.0. The lowest BCUT2D eigenvalue weighted by molar-refractivity contribution is -0.145. The first-order valence-electron chi connectivity index (χ1n) is 12.0. The van der Waals surface area contributed by atoms with Crippen LogP contribution in [0.3, 0.4) is 0 Å². The van der Waals surface area contributed by atoms with Crippen molar-refractivity contribution >= 4 is 33.7 Å². The lowest BCUT2D eigenvalue weighted by Crippen LogP contribution is -2.42. The second-order valence-electron chi connectivity index (χ2n) is 8.98. The molecule has 0 aromatic heterocycles. The first kappa shape index (κ1) is 29.9. The van der Waals surface area contributed by atoms with Crippen LogP contribution in [0.1, 0.15) is 49.3 Å². The highest BCUT2D eigenvalue weighted by Gasteiger charge is 2.32. The van der Waals surface area contributed by atoms with Crippen molar-refractivity contribution in [1.29, 1.82) is 0 Å². The molecule has 1 amide bonds. The van der Waals surface area contributed by atoms with E-state index < -0.39 is 39.8 Å². The Morgan fingerprint density at radius 3 is 2.21 bits per heavy atom. The molecule has 1 fully saturated rings. The van der Waals surface area contributed by atoms with Gasteiger partial charge in [-0.15, -0.1) is 0 Å². The molecule has 13 heteroatoms. The Labute approximate surface area is 224 Å². The summed E-state index contributed by atoms with van der Waals surface area (Å²) in [6, 6.07) is 11.4. The molecule has 0 spiro atoms. The third-order valence-electron chi connectivity index (χ3n) is 6.26. The lowest BCUT2D eigenvalue weighted by Gasteiger charge is -2.29. The number of benzene rings is 2. The van der Waals surface area contributed by atoms with E-state index in [-0.39, 0.29) is 36.3 Å². The Bertz CT molecular complexity index is 1170. The SMILES string of the molecule is O=C(CCNCl)OC[C@@H](NC(=O)[C@H]1CC[C@H](NS(=O)(=O)c2ccc(C(F)(F)F)cc2)CC1)c1ccccc1. The highest BCUT2D eigenvalue weighted by molar-refractivity contribution is 7.89. The highest BCUT2D eigenvalue weighted by Crippen LogP contribution is 2.30. The molecule has 0 saturated heterocycles. The quantitative estimate of drug-likeness (QED) is 0.275. The van der Waals surface area contributed by atoms with Gasteiger partial charge in [-0.3, -0.25) is 9.59 Å². The van der Waals surface area contributed by atoms with E-state index in [0.29, 0.717) is 25.7 Å². The number of carbonyl (C=O) groups is 2. The number of halogens is 4. The molecule has 0 unspecified atom stereocenters. The highest BCUT2D eigenvalue weighted by atomic mass is 35.5. The zero-order chi connectivity index (χ0) is 27.8. The Morgan fingerprint density at radius 1 is 1.00 bits per heavy atom. The molecule has 208 valence electrons. The van der Waals surface area contributed by atoms with Gasteiger partial charge in [0.2, 0.25) is 15.9 Å². The molecular formula is C25H29ClF3N3O5S. The number of ether oxygens (including phenoxy) is 1. The lowest BCUT2D eigenvalue weighted by atomic mass is 9.85. The third kappa shape index (κ3) is 8.69. The monoisotopic (exact) mass is 575 g/mol. The van der Waals surface area contributed by atoms with Crippen LogP contribution in [0, 0.1) is 5.92 Å². The fourth-order valence-corrected chi connectivity index (χ4v) is 5.58. The average molecular weight is 576 g/mol. The first-order chi connectivity index (χ1) is 18.0. The van der Waals surface area contributed by atoms with Crippen molar-refractivity contribution in [2.45, 2.75) is 55.3 Å². The Hall–Kier alpha value is -2.67. The summed E-state index contributed by atoms with van der Waals surface area (Å²) >= 11 is 5.37. The molecule has 2 aromatic carbocycles. The summed E-state index contributed by atoms with van der Waals surface area (Å²) in [6.45, 7) is 0.188. The number of alkyl halides is 3. The average Bonchev–Trinajstić information content (AvgIpc) is 2.90. The third-order valence-corrected chi connectivity index (χ3v) is 7.99. The van der Waals surface area contributed by atoms with Gasteiger partial charge in [0.05, 0.1) is 22.9 Å². The molecular weight excluding hydrogens is 547 g/mol. The maximum Gasteiger partial charge on any atom is 0.416 e. The predicted octanol–water partition coefficient (Wildman–Crippen LogP) is 4.08. The second kappa shape index (κ2) is 13.4. The van der Waals surface area contributed by atoms with Gasteiger partial charge in [0.25, 0.3) is 0 Å². The van der Waals surface area contributed by atoms with E-state index in [1.54, 1.807) is 0 Å². The van der Waals surface area contributed by atoms with Gasteiger partial charge in [-0.25, -0.2) is 18.0 Å². The normalized spacial score (nSPS) is 18.9. The minimum absolute atomic E-state index is 0.0564. The standard InChI is InChI=1S/C25H29ClF3N3O5S/c26-30-15-14-23(33)37-16-22(17-4-2-1-3-5-17)31-24(34)18-6-10-20(11-7-18)32-38(35,36)21-12-8-19(9-13-21)25(27,28)29/h1-5,8-9,12-13,18,20,22,30,32H,6-7,10-11,14-16H2,(H,31,34)/t18-,20-,22-/m1/s1. The Kier molecular flexibility index (Phi) is 10.5. The zero-order valence-corrected chi connectivity index (χ0v) is 21.9. The van der Waals surface area contributed by atoms with Gasteiger partial charge >= 0.3 is 12.1 Å². The van der Waals surface area contributed by atoms with E-state index in [9.17, 15) is 31.2 Å². The minimum atomic E-state index is -4.56. The van der Waals surface area contributed by atoms with Crippen LogP contribution in [0.15, 0.2) is 59.5 Å². The van der Waals surface area contributed by atoms with Crippen molar-refractivity contribution in [3.8, 4) is 0 Å². The summed E-state index contributed by atoms with van der Waals surface area (Å²) in [7, 11) is -4.02. The molecule has 1 saturated carbocycles. The number of hydrogen-bond donors (Lipinski definition) is 3. The molecule has 1 atom stereocenters. The van der Waals surface area contributed by atoms with Crippen LogP contribution in [0.25, 0.3) is 0 Å². The number of rotatable bonds is 11. The minimum Gasteiger partial charge on any atom is -0.463 e. The molecule has 0 bridgehead atoms. The Morgan fingerprint density at radius 2 is 1.63 bits per heavy atom. The van der Waals surface area contributed by atoms with Crippen LogP contribution in [-0.4, -0.2) is 39.5 Å². The van der Waals surface area contributed by atoms with E-state index in [1.165, 1.54) is 0 Å². The summed E-state index contributed by atoms with van der Waals surface area (Å²) in [6.07, 6.45) is -2.89. The smallest absolute Gasteiger partial charge is 0.416 e. The van der Waals surface area contributed by atoms with Gasteiger partial charge in [-0.05, 0) is 67.3 Å². The van der Waals surface area contributed by atoms with Crippen molar-refractivity contribution in [3.05, 3.63) is 65.7 Å². The molecule has 2 aromatic rings. The van der Waals surface area contributed by atoms with E-state index in [2.05, 4.69) is 14.9 Å². The fourth-order valence-electron chi connectivity index (χ4n) is 4.18. The topological polar surface area (TPSA) is 114 Å². The summed E-state index contributed by atoms with van der Waals surface area (Å²) in [5, 5.41) is 2.93. The maximum atomic E-state index is 13.0. The predicted molar refractivity (Wildman–Crippen MR) is 134 cm³/mol. The van der Waals surface area contributed by atoms with Crippen LogP contribution in [0.4, 0.5) is 13.2 Å².